The van der Waals surface area contributed by atoms with Gasteiger partial charge < -0.3 is 20.4 Å². The normalized spacial score (nSPS) is 17.7. The third-order valence-electron chi connectivity index (χ3n) is 4.96. The Morgan fingerprint density at radius 3 is 2.56 bits per heavy atom. The molecular weight excluding hydrogens is 473 g/mol. The molecule has 0 aliphatic carbocycles. The Morgan fingerprint density at radius 1 is 1.18 bits per heavy atom. The highest BCUT2D eigenvalue weighted by atomic mass is 19.4. The molecule has 16 heteroatoms. The van der Waals surface area contributed by atoms with Crippen LogP contribution in [-0.2, 0) is 6.18 Å². The van der Waals surface area contributed by atoms with Crippen molar-refractivity contribution in [2.45, 2.75) is 18.2 Å². The summed E-state index contributed by atoms with van der Waals surface area (Å²) in [5, 5.41) is 5.78. The molecule has 11 nitrogen and oxygen atoms in total. The van der Waals surface area contributed by atoms with E-state index >= 15 is 0 Å². The fourth-order valence-electron chi connectivity index (χ4n) is 3.33. The van der Waals surface area contributed by atoms with E-state index in [0.29, 0.717) is 12.3 Å². The van der Waals surface area contributed by atoms with Gasteiger partial charge in [0.2, 0.25) is 5.88 Å². The summed E-state index contributed by atoms with van der Waals surface area (Å²) >= 11 is 0. The first-order valence-electron chi connectivity index (χ1n) is 9.39. The lowest BCUT2D eigenvalue weighted by molar-refractivity contribution is -0.137. The minimum absolute atomic E-state index is 0.114. The van der Waals surface area contributed by atoms with Crippen molar-refractivity contribution in [3.05, 3.63) is 61.3 Å². The fraction of sp³-hybridized carbons (Fsp3) is 0.278. The molecule has 0 spiro atoms. The predicted octanol–water partition coefficient (Wildman–Crippen LogP) is 0.712. The number of hydrogen-bond donors (Lipinski definition) is 4. The summed E-state index contributed by atoms with van der Waals surface area (Å²) in [5.74, 6) is -4.09. The Balaban J connectivity index is 1.61. The van der Waals surface area contributed by atoms with Crippen LogP contribution in [0.15, 0.2) is 38.9 Å². The van der Waals surface area contributed by atoms with Gasteiger partial charge >= 0.3 is 17.8 Å². The topological polar surface area (TPSA) is 163 Å². The SMILES string of the molecule is Nc1cc(OC2CN(c3cc(-c4c[nH]c(=O)[nH]c4=O)n[nH]c3=O)CC2(F)F)ncc1C(F)(F)F. The van der Waals surface area contributed by atoms with Gasteiger partial charge in [-0.2, -0.15) is 18.3 Å². The predicted molar refractivity (Wildman–Crippen MR) is 107 cm³/mol. The average molecular weight is 487 g/mol. The number of nitrogen functional groups attached to an aromatic ring is 1. The molecule has 1 aliphatic rings. The smallest absolute Gasteiger partial charge is 0.419 e. The summed E-state index contributed by atoms with van der Waals surface area (Å²) in [6.07, 6.45) is -5.26. The number of nitrogens with one attached hydrogen (secondary N) is 3. The lowest BCUT2D eigenvalue weighted by atomic mass is 10.2. The first kappa shape index (κ1) is 22.9. The second-order valence-corrected chi connectivity index (χ2v) is 7.31. The molecule has 1 saturated heterocycles. The highest BCUT2D eigenvalue weighted by molar-refractivity contribution is 5.62. The number of aromatic nitrogens is 5. The van der Waals surface area contributed by atoms with Crippen LogP contribution in [0.2, 0.25) is 0 Å². The van der Waals surface area contributed by atoms with Crippen LogP contribution in [0.3, 0.4) is 0 Å². The number of anilines is 2. The number of aromatic amines is 3. The molecule has 0 aromatic carbocycles. The minimum Gasteiger partial charge on any atom is -0.466 e. The summed E-state index contributed by atoms with van der Waals surface area (Å²) in [5.41, 5.74) is 0.359. The van der Waals surface area contributed by atoms with E-state index in [1.165, 1.54) is 0 Å². The summed E-state index contributed by atoms with van der Waals surface area (Å²) in [6.45, 7) is -1.54. The van der Waals surface area contributed by atoms with Crippen molar-refractivity contribution in [3.63, 3.8) is 0 Å². The Morgan fingerprint density at radius 2 is 1.91 bits per heavy atom. The van der Waals surface area contributed by atoms with Crippen molar-refractivity contribution in [2.24, 2.45) is 0 Å². The van der Waals surface area contributed by atoms with E-state index in [4.69, 9.17) is 10.5 Å². The van der Waals surface area contributed by atoms with E-state index in [2.05, 4.69) is 20.2 Å². The Hall–Kier alpha value is -4.24. The van der Waals surface area contributed by atoms with Crippen LogP contribution in [-0.4, -0.2) is 50.3 Å². The Bertz CT molecular complexity index is 1420. The number of nitrogens with two attached hydrogens (primary N) is 1. The molecule has 0 bridgehead atoms. The molecule has 5 N–H and O–H groups in total. The van der Waals surface area contributed by atoms with Crippen molar-refractivity contribution in [3.8, 4) is 17.1 Å². The van der Waals surface area contributed by atoms with E-state index in [1.807, 2.05) is 4.98 Å². The monoisotopic (exact) mass is 487 g/mol. The molecule has 1 atom stereocenters. The second kappa shape index (κ2) is 7.96. The number of pyridine rings is 1. The van der Waals surface area contributed by atoms with Gasteiger partial charge in [-0.3, -0.25) is 14.6 Å². The lowest BCUT2D eigenvalue weighted by Crippen LogP contribution is -2.36. The molecule has 1 unspecified atom stereocenters. The highest BCUT2D eigenvalue weighted by Gasteiger charge is 2.51. The van der Waals surface area contributed by atoms with Crippen LogP contribution in [0.5, 0.6) is 5.88 Å². The van der Waals surface area contributed by atoms with Crippen LogP contribution in [0.25, 0.3) is 11.3 Å². The Labute approximate surface area is 184 Å². The van der Waals surface area contributed by atoms with Gasteiger partial charge in [0.1, 0.15) is 5.69 Å². The molecule has 34 heavy (non-hydrogen) atoms. The van der Waals surface area contributed by atoms with Crippen molar-refractivity contribution in [2.75, 3.05) is 23.7 Å². The van der Waals surface area contributed by atoms with Crippen molar-refractivity contribution in [1.82, 2.24) is 25.1 Å². The van der Waals surface area contributed by atoms with Crippen molar-refractivity contribution >= 4 is 11.4 Å². The van der Waals surface area contributed by atoms with Gasteiger partial charge in [-0.25, -0.2) is 23.7 Å². The third-order valence-corrected chi connectivity index (χ3v) is 4.96. The molecule has 4 rings (SSSR count). The van der Waals surface area contributed by atoms with Gasteiger partial charge in [0.15, 0.2) is 6.10 Å². The van der Waals surface area contributed by atoms with E-state index in [1.54, 1.807) is 0 Å². The number of nitrogens with zero attached hydrogens (tertiary/aromatic N) is 3. The molecule has 1 fully saturated rings. The fourth-order valence-corrected chi connectivity index (χ4v) is 3.33. The van der Waals surface area contributed by atoms with Gasteiger partial charge in [0, 0.05) is 18.5 Å². The first-order valence-corrected chi connectivity index (χ1v) is 9.39. The zero-order valence-electron chi connectivity index (χ0n) is 16.7. The van der Waals surface area contributed by atoms with E-state index in [0.717, 1.165) is 17.2 Å². The summed E-state index contributed by atoms with van der Waals surface area (Å²) in [6, 6.07) is 1.76. The number of hydrogen-bond acceptors (Lipinski definition) is 8. The standard InChI is InChI=1S/C18H14F5N7O4/c19-17(20)6-30(5-12(17)34-13-1-9(24)8(4-25-13)18(21,22)23)11-2-10(28-29-15(11)32)7-3-26-16(33)27-14(7)31/h1-4,12H,5-6H2,(H2,24,25)(H,29,32)(H2,26,27,31,33). The molecule has 0 saturated carbocycles. The molecule has 0 radical (unpaired) electrons. The van der Waals surface area contributed by atoms with Gasteiger partial charge in [-0.05, 0) is 6.07 Å². The molecule has 1 aliphatic heterocycles. The number of H-pyrrole nitrogens is 3. The maximum Gasteiger partial charge on any atom is 0.419 e. The summed E-state index contributed by atoms with van der Waals surface area (Å²) in [4.78, 5) is 44.0. The maximum atomic E-state index is 14.6. The quantitative estimate of drug-likeness (QED) is 0.391. The summed E-state index contributed by atoms with van der Waals surface area (Å²) in [7, 11) is 0. The largest absolute Gasteiger partial charge is 0.466 e. The molecular formula is C18H14F5N7O4. The highest BCUT2D eigenvalue weighted by Crippen LogP contribution is 2.36. The number of rotatable bonds is 4. The number of halogens is 5. The van der Waals surface area contributed by atoms with E-state index in [9.17, 15) is 36.3 Å². The molecule has 3 aromatic rings. The van der Waals surface area contributed by atoms with Crippen LogP contribution in [0.1, 0.15) is 5.56 Å². The average Bonchev–Trinajstić information content (AvgIpc) is 3.01. The minimum atomic E-state index is -4.78. The molecule has 3 aromatic heterocycles. The van der Waals surface area contributed by atoms with Gasteiger partial charge in [-0.15, -0.1) is 0 Å². The van der Waals surface area contributed by atoms with Crippen LogP contribution < -0.4 is 32.2 Å². The lowest BCUT2D eigenvalue weighted by Gasteiger charge is -2.19. The van der Waals surface area contributed by atoms with E-state index in [-0.39, 0.29) is 16.9 Å². The zero-order chi connectivity index (χ0) is 24.8. The maximum absolute atomic E-state index is 14.6. The number of alkyl halides is 5. The van der Waals surface area contributed by atoms with Gasteiger partial charge in [-0.1, -0.05) is 0 Å². The van der Waals surface area contributed by atoms with Gasteiger partial charge in [0.05, 0.1) is 35.6 Å². The summed E-state index contributed by atoms with van der Waals surface area (Å²) < 4.78 is 72.8. The van der Waals surface area contributed by atoms with Gasteiger partial charge in [0.25, 0.3) is 11.1 Å². The van der Waals surface area contributed by atoms with Crippen LogP contribution >= 0.6 is 0 Å². The van der Waals surface area contributed by atoms with E-state index < -0.39 is 65.2 Å². The second-order valence-electron chi connectivity index (χ2n) is 7.31. The van der Waals surface area contributed by atoms with Crippen LogP contribution in [0.4, 0.5) is 33.3 Å². The zero-order valence-corrected chi connectivity index (χ0v) is 16.7. The molecule has 0 amide bonds. The van der Waals surface area contributed by atoms with Crippen molar-refractivity contribution in [1.29, 1.82) is 0 Å². The molecule has 4 heterocycles. The Kier molecular flexibility index (Phi) is 5.37. The first-order chi connectivity index (χ1) is 15.8. The number of ether oxygens (including phenoxy) is 1. The molecule has 180 valence electrons. The van der Waals surface area contributed by atoms with Crippen molar-refractivity contribution < 1.29 is 26.7 Å². The van der Waals surface area contributed by atoms with Crippen LogP contribution in [0, 0.1) is 0 Å². The third kappa shape index (κ3) is 4.33.